The fourth-order valence-electron chi connectivity index (χ4n) is 3.35. The Kier molecular flexibility index (Phi) is 8.77. The molecule has 3 aromatic rings. The quantitative estimate of drug-likeness (QED) is 0.393. The van der Waals surface area contributed by atoms with Gasteiger partial charge in [-0.2, -0.15) is 0 Å². The van der Waals surface area contributed by atoms with E-state index in [2.05, 4.69) is 16.0 Å². The first-order valence-corrected chi connectivity index (χ1v) is 11.1. The molecule has 9 nitrogen and oxygen atoms in total. The van der Waals surface area contributed by atoms with E-state index < -0.39 is 17.8 Å². The smallest absolute Gasteiger partial charge is 0.337 e. The van der Waals surface area contributed by atoms with Crippen molar-refractivity contribution in [3.8, 4) is 0 Å². The number of anilines is 2. The number of methoxy groups -OCH3 is 2. The SMILES string of the molecule is COC(=O)c1cc(NCC(=O)Nc2ccccc2C(=O)NCc2ccc(C)cc2)cc(C(=O)OC)c1. The van der Waals surface area contributed by atoms with Crippen molar-refractivity contribution < 1.29 is 28.7 Å². The van der Waals surface area contributed by atoms with Crippen molar-refractivity contribution in [2.24, 2.45) is 0 Å². The van der Waals surface area contributed by atoms with E-state index in [-0.39, 0.29) is 23.6 Å². The summed E-state index contributed by atoms with van der Waals surface area (Å²) in [6.07, 6.45) is 0. The third-order valence-electron chi connectivity index (χ3n) is 5.25. The number of amides is 2. The van der Waals surface area contributed by atoms with E-state index in [0.717, 1.165) is 11.1 Å². The molecule has 9 heteroatoms. The number of carbonyl (C=O) groups is 4. The van der Waals surface area contributed by atoms with Crippen LogP contribution in [0.1, 0.15) is 42.2 Å². The molecule has 0 aromatic heterocycles. The van der Waals surface area contributed by atoms with Gasteiger partial charge in [0.2, 0.25) is 5.91 Å². The van der Waals surface area contributed by atoms with Crippen LogP contribution in [0.5, 0.6) is 0 Å². The minimum absolute atomic E-state index is 0.124. The van der Waals surface area contributed by atoms with Gasteiger partial charge in [-0.15, -0.1) is 0 Å². The summed E-state index contributed by atoms with van der Waals surface area (Å²) in [5, 5.41) is 8.45. The van der Waals surface area contributed by atoms with Gasteiger partial charge in [0.25, 0.3) is 5.91 Å². The van der Waals surface area contributed by atoms with Crippen LogP contribution < -0.4 is 16.0 Å². The van der Waals surface area contributed by atoms with Crippen molar-refractivity contribution in [2.75, 3.05) is 31.4 Å². The molecule has 0 bridgehead atoms. The number of hydrogen-bond donors (Lipinski definition) is 3. The Balaban J connectivity index is 1.66. The van der Waals surface area contributed by atoms with Crippen LogP contribution in [0, 0.1) is 6.92 Å². The molecule has 0 radical (unpaired) electrons. The summed E-state index contributed by atoms with van der Waals surface area (Å²) in [5.41, 5.74) is 3.35. The number of rotatable bonds is 9. The molecule has 0 heterocycles. The van der Waals surface area contributed by atoms with Crippen LogP contribution in [-0.4, -0.2) is 44.5 Å². The van der Waals surface area contributed by atoms with E-state index in [1.807, 2.05) is 31.2 Å². The summed E-state index contributed by atoms with van der Waals surface area (Å²) in [4.78, 5) is 49.3. The lowest BCUT2D eigenvalue weighted by atomic mass is 10.1. The molecule has 0 saturated carbocycles. The van der Waals surface area contributed by atoms with Gasteiger partial charge in [-0.05, 0) is 42.8 Å². The fourth-order valence-corrected chi connectivity index (χ4v) is 3.35. The Hall–Kier alpha value is -4.66. The molecular weight excluding hydrogens is 462 g/mol. The van der Waals surface area contributed by atoms with Crippen LogP contribution in [0.4, 0.5) is 11.4 Å². The summed E-state index contributed by atoms with van der Waals surface area (Å²) in [6.45, 7) is 2.15. The zero-order valence-electron chi connectivity index (χ0n) is 20.2. The molecule has 0 spiro atoms. The summed E-state index contributed by atoms with van der Waals surface area (Å²) < 4.78 is 9.43. The minimum atomic E-state index is -0.640. The Labute approximate surface area is 208 Å². The average Bonchev–Trinajstić information content (AvgIpc) is 2.90. The van der Waals surface area contributed by atoms with Crippen LogP contribution in [0.25, 0.3) is 0 Å². The van der Waals surface area contributed by atoms with Gasteiger partial charge in [-0.1, -0.05) is 42.0 Å². The highest BCUT2D eigenvalue weighted by Crippen LogP contribution is 2.18. The number of ether oxygens (including phenoxy) is 2. The topological polar surface area (TPSA) is 123 Å². The normalized spacial score (nSPS) is 10.2. The molecule has 0 fully saturated rings. The van der Waals surface area contributed by atoms with Crippen LogP contribution in [0.3, 0.4) is 0 Å². The second kappa shape index (κ2) is 12.2. The predicted octanol–water partition coefficient (Wildman–Crippen LogP) is 3.55. The highest BCUT2D eigenvalue weighted by Gasteiger charge is 2.16. The van der Waals surface area contributed by atoms with Gasteiger partial charge in [0, 0.05) is 12.2 Å². The Morgan fingerprint density at radius 1 is 0.806 bits per heavy atom. The summed E-state index contributed by atoms with van der Waals surface area (Å²) in [6, 6.07) is 18.7. The van der Waals surface area contributed by atoms with E-state index in [4.69, 9.17) is 9.47 Å². The standard InChI is InChI=1S/C27H27N3O6/c1-17-8-10-18(11-9-17)15-29-25(32)22-6-4-5-7-23(22)30-24(31)16-28-21-13-19(26(33)35-2)12-20(14-21)27(34)36-3/h4-14,28H,15-16H2,1-3H3,(H,29,32)(H,30,31). The molecule has 0 aliphatic rings. The largest absolute Gasteiger partial charge is 0.465 e. The minimum Gasteiger partial charge on any atom is -0.465 e. The van der Waals surface area contributed by atoms with Crippen LogP contribution >= 0.6 is 0 Å². The second-order valence-corrected chi connectivity index (χ2v) is 7.90. The Morgan fingerprint density at radius 2 is 1.42 bits per heavy atom. The van der Waals surface area contributed by atoms with Gasteiger partial charge in [0.1, 0.15) is 0 Å². The third-order valence-corrected chi connectivity index (χ3v) is 5.25. The molecular formula is C27H27N3O6. The van der Waals surface area contributed by atoms with Gasteiger partial charge < -0.3 is 25.4 Å². The Bertz CT molecular complexity index is 1240. The monoisotopic (exact) mass is 489 g/mol. The molecule has 3 aromatic carbocycles. The molecule has 0 atom stereocenters. The molecule has 3 N–H and O–H groups in total. The van der Waals surface area contributed by atoms with Crippen LogP contribution in [-0.2, 0) is 20.8 Å². The molecule has 3 rings (SSSR count). The number of hydrogen-bond acceptors (Lipinski definition) is 7. The lowest BCUT2D eigenvalue weighted by molar-refractivity contribution is -0.114. The van der Waals surface area contributed by atoms with E-state index in [1.54, 1.807) is 24.3 Å². The zero-order valence-corrected chi connectivity index (χ0v) is 20.2. The molecule has 0 aliphatic heterocycles. The van der Waals surface area contributed by atoms with Gasteiger partial charge in [0.05, 0.1) is 43.1 Å². The molecule has 0 saturated heterocycles. The molecule has 0 unspecified atom stereocenters. The fraction of sp³-hybridized carbons (Fsp3) is 0.185. The highest BCUT2D eigenvalue weighted by atomic mass is 16.5. The first kappa shape index (κ1) is 26.0. The van der Waals surface area contributed by atoms with Gasteiger partial charge in [-0.3, -0.25) is 9.59 Å². The first-order valence-electron chi connectivity index (χ1n) is 11.1. The summed E-state index contributed by atoms with van der Waals surface area (Å²) in [5.74, 6) is -2.04. The van der Waals surface area contributed by atoms with E-state index in [1.165, 1.54) is 32.4 Å². The predicted molar refractivity (Wildman–Crippen MR) is 135 cm³/mol. The lowest BCUT2D eigenvalue weighted by Gasteiger charge is -2.13. The summed E-state index contributed by atoms with van der Waals surface area (Å²) >= 11 is 0. The van der Waals surface area contributed by atoms with E-state index >= 15 is 0 Å². The van der Waals surface area contributed by atoms with Crippen molar-refractivity contribution in [3.63, 3.8) is 0 Å². The number of aryl methyl sites for hydroxylation is 1. The van der Waals surface area contributed by atoms with Gasteiger partial charge in [-0.25, -0.2) is 9.59 Å². The maximum absolute atomic E-state index is 12.8. The van der Waals surface area contributed by atoms with Crippen molar-refractivity contribution in [1.29, 1.82) is 0 Å². The number of carbonyl (C=O) groups excluding carboxylic acids is 4. The van der Waals surface area contributed by atoms with Crippen molar-refractivity contribution >= 4 is 35.1 Å². The lowest BCUT2D eigenvalue weighted by Crippen LogP contribution is -2.27. The highest BCUT2D eigenvalue weighted by molar-refractivity contribution is 6.04. The maximum atomic E-state index is 12.8. The van der Waals surface area contributed by atoms with Gasteiger partial charge in [0.15, 0.2) is 0 Å². The number of benzene rings is 3. The van der Waals surface area contributed by atoms with Crippen molar-refractivity contribution in [1.82, 2.24) is 5.32 Å². The number of nitrogens with one attached hydrogen (secondary N) is 3. The van der Waals surface area contributed by atoms with E-state index in [0.29, 0.717) is 23.5 Å². The third kappa shape index (κ3) is 6.92. The molecule has 186 valence electrons. The van der Waals surface area contributed by atoms with Crippen LogP contribution in [0.15, 0.2) is 66.7 Å². The first-order chi connectivity index (χ1) is 17.3. The second-order valence-electron chi connectivity index (χ2n) is 7.90. The number of para-hydroxylation sites is 1. The molecule has 0 aliphatic carbocycles. The van der Waals surface area contributed by atoms with Gasteiger partial charge >= 0.3 is 11.9 Å². The van der Waals surface area contributed by atoms with E-state index in [9.17, 15) is 19.2 Å². The maximum Gasteiger partial charge on any atom is 0.337 e. The van der Waals surface area contributed by atoms with Crippen molar-refractivity contribution in [2.45, 2.75) is 13.5 Å². The molecule has 36 heavy (non-hydrogen) atoms. The molecule has 2 amide bonds. The van der Waals surface area contributed by atoms with Crippen molar-refractivity contribution in [3.05, 3.63) is 94.5 Å². The zero-order chi connectivity index (χ0) is 26.1. The number of esters is 2. The summed E-state index contributed by atoms with van der Waals surface area (Å²) in [7, 11) is 2.45. The van der Waals surface area contributed by atoms with Crippen LogP contribution in [0.2, 0.25) is 0 Å². The Morgan fingerprint density at radius 3 is 2.03 bits per heavy atom. The average molecular weight is 490 g/mol.